The molecule has 9 atom stereocenters. The average molecular weight is 485 g/mol. The first kappa shape index (κ1) is 24.0. The van der Waals surface area contributed by atoms with Crippen LogP contribution >= 0.6 is 0 Å². The van der Waals surface area contributed by atoms with Gasteiger partial charge in [-0.3, -0.25) is 4.79 Å². The Morgan fingerprint density at radius 3 is 2.63 bits per heavy atom. The molecular formula is C29H44N2O4. The van der Waals surface area contributed by atoms with Crippen LogP contribution in [-0.4, -0.2) is 59.8 Å². The number of hydrogen-bond acceptors (Lipinski definition) is 5. The van der Waals surface area contributed by atoms with E-state index < -0.39 is 5.60 Å². The van der Waals surface area contributed by atoms with Gasteiger partial charge < -0.3 is 20.1 Å². The Morgan fingerprint density at radius 2 is 1.91 bits per heavy atom. The topological polar surface area (TPSA) is 78.9 Å². The lowest BCUT2D eigenvalue weighted by atomic mass is 9.43. The summed E-state index contributed by atoms with van der Waals surface area (Å²) in [4.78, 5) is 26.9. The minimum Gasteiger partial charge on any atom is -0.458 e. The van der Waals surface area contributed by atoms with E-state index in [2.05, 4.69) is 24.1 Å². The molecule has 0 spiro atoms. The number of nitrogens with one attached hydrogen (secondary N) is 1. The number of esters is 1. The van der Waals surface area contributed by atoms with Crippen molar-refractivity contribution in [3.63, 3.8) is 0 Å². The molecule has 6 rings (SSSR count). The Kier molecular flexibility index (Phi) is 5.69. The average Bonchev–Trinajstić information content (AvgIpc) is 3.57. The Hall–Kier alpha value is -1.40. The zero-order chi connectivity index (χ0) is 24.6. The van der Waals surface area contributed by atoms with Crippen LogP contribution in [0.15, 0.2) is 11.6 Å². The Balaban J connectivity index is 1.19. The third kappa shape index (κ3) is 3.41. The molecule has 1 amide bonds. The number of rotatable bonds is 3. The number of ether oxygens (including phenoxy) is 1. The number of carbonyl (C=O) groups excluding carboxylic acids is 2. The number of carbonyl (C=O) groups is 2. The molecule has 0 radical (unpaired) electrons. The van der Waals surface area contributed by atoms with Crippen LogP contribution in [0.2, 0.25) is 0 Å². The van der Waals surface area contributed by atoms with Crippen LogP contribution < -0.4 is 5.32 Å². The highest BCUT2D eigenvalue weighted by atomic mass is 16.5. The molecule has 35 heavy (non-hydrogen) atoms. The van der Waals surface area contributed by atoms with Crippen LogP contribution in [0.25, 0.3) is 0 Å². The molecule has 6 aliphatic rings. The van der Waals surface area contributed by atoms with Gasteiger partial charge in [0.1, 0.15) is 6.61 Å². The van der Waals surface area contributed by atoms with E-state index >= 15 is 0 Å². The standard InChI is InChI=1S/C29H44N2O4/c1-27-11-8-20(31(3)26(33)24-5-4-14-30-24)16-19(27)6-7-23-22(27)9-12-28(2)21(10-13-29(23,28)34)18-15-25(32)35-17-18/h15,19-24,30,34H,4-14,16-17H2,1-3H3/t19-,20+,21-,22+,23-,24+,27+,28-,29+/m1/s1. The molecule has 0 bridgehead atoms. The van der Waals surface area contributed by atoms with E-state index in [1.807, 2.05) is 7.05 Å². The lowest BCUT2D eigenvalue weighted by Gasteiger charge is -2.64. The molecule has 4 aliphatic carbocycles. The predicted molar refractivity (Wildman–Crippen MR) is 133 cm³/mol. The van der Waals surface area contributed by atoms with Crippen LogP contribution in [0.5, 0.6) is 0 Å². The number of fused-ring (bicyclic) bond motifs is 5. The molecule has 4 saturated carbocycles. The summed E-state index contributed by atoms with van der Waals surface area (Å²) < 4.78 is 5.26. The third-order valence-electron chi connectivity index (χ3n) is 12.2. The minimum atomic E-state index is -0.654. The van der Waals surface area contributed by atoms with Gasteiger partial charge in [0.25, 0.3) is 0 Å². The van der Waals surface area contributed by atoms with Gasteiger partial charge in [0.15, 0.2) is 0 Å². The van der Waals surface area contributed by atoms with Crippen LogP contribution in [0.3, 0.4) is 0 Å². The molecule has 2 N–H and O–H groups in total. The fourth-order valence-corrected chi connectivity index (χ4v) is 10.1. The van der Waals surface area contributed by atoms with E-state index in [-0.39, 0.29) is 34.7 Å². The molecule has 1 saturated heterocycles. The van der Waals surface area contributed by atoms with Crippen molar-refractivity contribution in [1.29, 1.82) is 0 Å². The summed E-state index contributed by atoms with van der Waals surface area (Å²) in [5.41, 5.74) is 0.529. The first-order chi connectivity index (χ1) is 16.7. The summed E-state index contributed by atoms with van der Waals surface area (Å²) in [5.74, 6) is 1.84. The summed E-state index contributed by atoms with van der Waals surface area (Å²) in [6.45, 7) is 6.18. The van der Waals surface area contributed by atoms with E-state index in [0.29, 0.717) is 30.4 Å². The van der Waals surface area contributed by atoms with Crippen molar-refractivity contribution in [3.05, 3.63) is 11.6 Å². The van der Waals surface area contributed by atoms with Crippen LogP contribution in [-0.2, 0) is 14.3 Å². The third-order valence-corrected chi connectivity index (χ3v) is 12.2. The lowest BCUT2D eigenvalue weighted by Crippen LogP contribution is -2.63. The van der Waals surface area contributed by atoms with Gasteiger partial charge in [-0.25, -0.2) is 4.79 Å². The zero-order valence-electron chi connectivity index (χ0n) is 21.9. The molecule has 0 aromatic heterocycles. The normalized spacial score (nSPS) is 49.0. The maximum atomic E-state index is 13.1. The summed E-state index contributed by atoms with van der Waals surface area (Å²) >= 11 is 0. The first-order valence-corrected chi connectivity index (χ1v) is 14.3. The van der Waals surface area contributed by atoms with Crippen molar-refractivity contribution in [2.45, 2.75) is 102 Å². The Morgan fingerprint density at radius 1 is 1.09 bits per heavy atom. The quantitative estimate of drug-likeness (QED) is 0.596. The molecule has 2 heterocycles. The largest absolute Gasteiger partial charge is 0.458 e. The molecule has 6 heteroatoms. The lowest BCUT2D eigenvalue weighted by molar-refractivity contribution is -0.206. The summed E-state index contributed by atoms with van der Waals surface area (Å²) in [6, 6.07) is 0.361. The van der Waals surface area contributed by atoms with Gasteiger partial charge in [0.05, 0.1) is 11.6 Å². The molecule has 6 nitrogen and oxygen atoms in total. The SMILES string of the molecule is CN(C(=O)[C@@H]1CCCN1)[C@H]1CC[C@@]2(C)[C@H](CC[C@@H]3[C@@H]2CC[C@]2(C)[C@@H](C4=CC(=O)OC4)CC[C@]32O)C1. The van der Waals surface area contributed by atoms with Crippen LogP contribution in [0, 0.1) is 34.5 Å². The predicted octanol–water partition coefficient (Wildman–Crippen LogP) is 3.82. The second-order valence-corrected chi connectivity index (χ2v) is 13.3. The molecule has 5 fully saturated rings. The van der Waals surface area contributed by atoms with Crippen molar-refractivity contribution in [1.82, 2.24) is 10.2 Å². The second kappa shape index (κ2) is 8.31. The molecule has 0 aromatic carbocycles. The Bertz CT molecular complexity index is 928. The summed E-state index contributed by atoms with van der Waals surface area (Å²) in [6.07, 6.45) is 13.4. The highest BCUT2D eigenvalue weighted by Gasteiger charge is 2.67. The second-order valence-electron chi connectivity index (χ2n) is 13.3. The Labute approximate surface area is 210 Å². The molecule has 194 valence electrons. The monoisotopic (exact) mass is 484 g/mol. The van der Waals surface area contributed by atoms with E-state index in [0.717, 1.165) is 76.3 Å². The number of likely N-dealkylation sites (N-methyl/N-ethyl adjacent to an activating group) is 1. The van der Waals surface area contributed by atoms with Gasteiger partial charge in [-0.15, -0.1) is 0 Å². The number of amides is 1. The van der Waals surface area contributed by atoms with Gasteiger partial charge in [-0.1, -0.05) is 13.8 Å². The van der Waals surface area contributed by atoms with Crippen molar-refractivity contribution in [2.24, 2.45) is 34.5 Å². The van der Waals surface area contributed by atoms with E-state index in [4.69, 9.17) is 4.74 Å². The number of nitrogens with zero attached hydrogens (tertiary/aromatic N) is 1. The minimum absolute atomic E-state index is 0.0142. The smallest absolute Gasteiger partial charge is 0.331 e. The number of aliphatic hydroxyl groups is 1. The molecule has 0 unspecified atom stereocenters. The first-order valence-electron chi connectivity index (χ1n) is 14.3. The van der Waals surface area contributed by atoms with E-state index in [1.165, 1.54) is 6.42 Å². The van der Waals surface area contributed by atoms with Gasteiger partial charge in [-0.05, 0) is 112 Å². The van der Waals surface area contributed by atoms with Gasteiger partial charge in [-0.2, -0.15) is 0 Å². The fourth-order valence-electron chi connectivity index (χ4n) is 10.1. The molecular weight excluding hydrogens is 440 g/mol. The van der Waals surface area contributed by atoms with Crippen molar-refractivity contribution in [3.8, 4) is 0 Å². The molecule has 2 aliphatic heterocycles. The van der Waals surface area contributed by atoms with Crippen LogP contribution in [0.1, 0.15) is 84.5 Å². The highest BCUT2D eigenvalue weighted by molar-refractivity contribution is 5.85. The van der Waals surface area contributed by atoms with Crippen molar-refractivity contribution >= 4 is 11.9 Å². The summed E-state index contributed by atoms with van der Waals surface area (Å²) in [5, 5.41) is 15.8. The zero-order valence-corrected chi connectivity index (χ0v) is 21.9. The van der Waals surface area contributed by atoms with Crippen molar-refractivity contribution in [2.75, 3.05) is 20.2 Å². The van der Waals surface area contributed by atoms with Crippen LogP contribution in [0.4, 0.5) is 0 Å². The molecule has 0 aromatic rings. The maximum Gasteiger partial charge on any atom is 0.331 e. The number of hydrogen-bond donors (Lipinski definition) is 2. The highest BCUT2D eigenvalue weighted by Crippen LogP contribution is 2.70. The van der Waals surface area contributed by atoms with E-state index in [1.54, 1.807) is 6.08 Å². The fraction of sp³-hybridized carbons (Fsp3) is 0.862. The van der Waals surface area contributed by atoms with Gasteiger partial charge in [0.2, 0.25) is 5.91 Å². The van der Waals surface area contributed by atoms with E-state index in [9.17, 15) is 14.7 Å². The van der Waals surface area contributed by atoms with Gasteiger partial charge in [0, 0.05) is 24.6 Å². The summed E-state index contributed by atoms with van der Waals surface area (Å²) in [7, 11) is 2.03. The van der Waals surface area contributed by atoms with Crippen molar-refractivity contribution < 1.29 is 19.4 Å². The van der Waals surface area contributed by atoms with Gasteiger partial charge >= 0.3 is 5.97 Å². The number of cyclic esters (lactones) is 1. The maximum absolute atomic E-state index is 13.1.